The van der Waals surface area contributed by atoms with Gasteiger partial charge in [0.15, 0.2) is 5.82 Å². The molecule has 10 nitrogen and oxygen atoms in total. The van der Waals surface area contributed by atoms with E-state index in [1.54, 1.807) is 24.1 Å². The molecule has 2 N–H and O–H groups in total. The van der Waals surface area contributed by atoms with Crippen LogP contribution in [0, 0.1) is 5.92 Å². The summed E-state index contributed by atoms with van der Waals surface area (Å²) in [5.41, 5.74) is 3.82. The minimum atomic E-state index is -1.07. The molecule has 1 saturated heterocycles. The third-order valence-electron chi connectivity index (χ3n) is 7.51. The molecule has 1 aliphatic rings. The molecule has 3 aromatic heterocycles. The van der Waals surface area contributed by atoms with Crippen molar-refractivity contribution in [2.45, 2.75) is 45.7 Å². The van der Waals surface area contributed by atoms with Crippen molar-refractivity contribution in [3.05, 3.63) is 42.1 Å². The van der Waals surface area contributed by atoms with Gasteiger partial charge in [0, 0.05) is 49.9 Å². The van der Waals surface area contributed by atoms with Gasteiger partial charge in [0.1, 0.15) is 16.9 Å². The molecule has 200 valence electrons. The van der Waals surface area contributed by atoms with Crippen LogP contribution in [0.25, 0.3) is 33.6 Å². The molecule has 4 heterocycles. The van der Waals surface area contributed by atoms with E-state index < -0.39 is 6.09 Å². The Labute approximate surface area is 221 Å². The van der Waals surface area contributed by atoms with Crippen LogP contribution in [0.4, 0.5) is 4.79 Å². The van der Waals surface area contributed by atoms with E-state index in [4.69, 9.17) is 14.8 Å². The van der Waals surface area contributed by atoms with Crippen LogP contribution in [0.3, 0.4) is 0 Å². The normalized spacial score (nSPS) is 16.6. The molecule has 1 fully saturated rings. The van der Waals surface area contributed by atoms with Crippen molar-refractivity contribution in [3.8, 4) is 17.3 Å². The highest BCUT2D eigenvalue weighted by atomic mass is 16.5. The molecule has 0 radical (unpaired) electrons. The average Bonchev–Trinajstić information content (AvgIpc) is 3.44. The summed E-state index contributed by atoms with van der Waals surface area (Å²) < 4.78 is 9.98. The zero-order chi connectivity index (χ0) is 27.0. The third kappa shape index (κ3) is 4.66. The molecule has 5 rings (SSSR count). The van der Waals surface area contributed by atoms with E-state index in [-0.39, 0.29) is 11.9 Å². The number of amides is 2. The van der Waals surface area contributed by atoms with E-state index in [9.17, 15) is 9.59 Å². The fourth-order valence-corrected chi connectivity index (χ4v) is 5.35. The molecule has 1 aromatic carbocycles. The maximum Gasteiger partial charge on any atom is 0.404 e. The summed E-state index contributed by atoms with van der Waals surface area (Å²) in [6.07, 6.45) is 3.23. The molecule has 0 aliphatic carbocycles. The summed E-state index contributed by atoms with van der Waals surface area (Å²) in [6.45, 7) is 6.14. The third-order valence-corrected chi connectivity index (χ3v) is 7.51. The molecule has 1 aliphatic heterocycles. The summed E-state index contributed by atoms with van der Waals surface area (Å²) in [5, 5.41) is 12.7. The van der Waals surface area contributed by atoms with Crippen molar-refractivity contribution >= 4 is 34.1 Å². The Bertz CT molecular complexity index is 1510. The van der Waals surface area contributed by atoms with Crippen LogP contribution < -0.4 is 10.1 Å². The fraction of sp³-hybridized carbons (Fsp3) is 0.429. The number of likely N-dealkylation sites (tertiary alicyclic amines) is 1. The Morgan fingerprint density at radius 2 is 2.11 bits per heavy atom. The van der Waals surface area contributed by atoms with E-state index >= 15 is 0 Å². The SMILES string of the molecule is CCC(C)Cn1c(-c2nc3cc(C(=O)N4CCC[C@@H](NC(=O)O)C4)cc(OC)c3n2C)cc2cccnc21. The minimum absolute atomic E-state index is 0.163. The molecule has 2 amide bonds. The zero-order valence-corrected chi connectivity index (χ0v) is 22.3. The zero-order valence-electron chi connectivity index (χ0n) is 22.3. The Morgan fingerprint density at radius 1 is 1.29 bits per heavy atom. The van der Waals surface area contributed by atoms with Crippen LogP contribution in [0.15, 0.2) is 36.5 Å². The Morgan fingerprint density at radius 3 is 2.84 bits per heavy atom. The van der Waals surface area contributed by atoms with Gasteiger partial charge in [0.2, 0.25) is 0 Å². The van der Waals surface area contributed by atoms with Crippen LogP contribution in [-0.4, -0.2) is 67.4 Å². The lowest BCUT2D eigenvalue weighted by atomic mass is 10.0. The highest BCUT2D eigenvalue weighted by molar-refractivity contribution is 6.00. The van der Waals surface area contributed by atoms with Crippen molar-refractivity contribution in [3.63, 3.8) is 0 Å². The van der Waals surface area contributed by atoms with Crippen LogP contribution in [0.2, 0.25) is 0 Å². The molecule has 0 saturated carbocycles. The van der Waals surface area contributed by atoms with E-state index in [0.29, 0.717) is 42.3 Å². The summed E-state index contributed by atoms with van der Waals surface area (Å²) in [5.74, 6) is 1.63. The fourth-order valence-electron chi connectivity index (χ4n) is 5.35. The Balaban J connectivity index is 1.57. The quantitative estimate of drug-likeness (QED) is 0.372. The number of aromatic nitrogens is 4. The molecule has 38 heavy (non-hydrogen) atoms. The first-order valence-corrected chi connectivity index (χ1v) is 13.1. The first-order valence-electron chi connectivity index (χ1n) is 13.1. The molecular weight excluding hydrogens is 484 g/mol. The number of benzene rings is 1. The molecule has 1 unspecified atom stereocenters. The van der Waals surface area contributed by atoms with Gasteiger partial charge < -0.3 is 29.2 Å². The molecule has 2 atom stereocenters. The monoisotopic (exact) mass is 518 g/mol. The summed E-state index contributed by atoms with van der Waals surface area (Å²) in [6, 6.07) is 9.39. The molecule has 4 aromatic rings. The van der Waals surface area contributed by atoms with Gasteiger partial charge in [-0.15, -0.1) is 0 Å². The topological polar surface area (TPSA) is 115 Å². The van der Waals surface area contributed by atoms with Gasteiger partial charge in [-0.05, 0) is 49.1 Å². The molecule has 10 heteroatoms. The number of rotatable bonds is 7. The van der Waals surface area contributed by atoms with E-state index in [2.05, 4.69) is 40.8 Å². The number of piperidine rings is 1. The Kier molecular flexibility index (Phi) is 6.96. The van der Waals surface area contributed by atoms with Crippen LogP contribution in [0.1, 0.15) is 43.5 Å². The maximum atomic E-state index is 13.5. The number of nitrogens with zero attached hydrogens (tertiary/aromatic N) is 5. The largest absolute Gasteiger partial charge is 0.494 e. The number of imidazole rings is 1. The Hall–Kier alpha value is -4.08. The second-order valence-corrected chi connectivity index (χ2v) is 10.2. The minimum Gasteiger partial charge on any atom is -0.494 e. The van der Waals surface area contributed by atoms with Crippen molar-refractivity contribution in [1.82, 2.24) is 29.3 Å². The number of ether oxygens (including phenoxy) is 1. The van der Waals surface area contributed by atoms with Crippen molar-refractivity contribution in [2.75, 3.05) is 20.2 Å². The van der Waals surface area contributed by atoms with Gasteiger partial charge in [-0.1, -0.05) is 20.3 Å². The van der Waals surface area contributed by atoms with Crippen molar-refractivity contribution < 1.29 is 19.4 Å². The number of fused-ring (bicyclic) bond motifs is 2. The van der Waals surface area contributed by atoms with Gasteiger partial charge in [-0.2, -0.15) is 0 Å². The number of nitrogens with one attached hydrogen (secondary N) is 1. The summed E-state index contributed by atoms with van der Waals surface area (Å²) >= 11 is 0. The standard InChI is InChI=1S/C28H34N6O4/c1-5-17(2)15-34-22(13-18-8-6-10-29-25(18)34)26-31-21-12-19(14-23(38-4)24(21)32(26)3)27(35)33-11-7-9-20(16-33)30-28(36)37/h6,8,10,12-14,17,20,30H,5,7,9,11,15-16H2,1-4H3,(H,36,37)/t17?,20-/m1/s1. The van der Waals surface area contributed by atoms with Gasteiger partial charge in [-0.3, -0.25) is 4.79 Å². The van der Waals surface area contributed by atoms with Crippen LogP contribution >= 0.6 is 0 Å². The first kappa shape index (κ1) is 25.6. The highest BCUT2D eigenvalue weighted by Gasteiger charge is 2.27. The lowest BCUT2D eigenvalue weighted by Gasteiger charge is -2.32. The van der Waals surface area contributed by atoms with Crippen LogP contribution in [0.5, 0.6) is 5.75 Å². The van der Waals surface area contributed by atoms with E-state index in [0.717, 1.165) is 47.5 Å². The first-order chi connectivity index (χ1) is 18.3. The molecular formula is C28H34N6O4. The molecule has 0 bridgehead atoms. The van der Waals surface area contributed by atoms with Crippen molar-refractivity contribution in [2.24, 2.45) is 13.0 Å². The summed E-state index contributed by atoms with van der Waals surface area (Å²) in [7, 11) is 3.55. The number of aryl methyl sites for hydroxylation is 1. The van der Waals surface area contributed by atoms with E-state index in [1.807, 2.05) is 23.9 Å². The smallest absolute Gasteiger partial charge is 0.404 e. The lowest BCUT2D eigenvalue weighted by molar-refractivity contribution is 0.0692. The number of carbonyl (C=O) groups is 2. The lowest BCUT2D eigenvalue weighted by Crippen LogP contribution is -2.49. The predicted molar refractivity (Wildman–Crippen MR) is 146 cm³/mol. The number of hydrogen-bond donors (Lipinski definition) is 2. The number of pyridine rings is 1. The average molecular weight is 519 g/mol. The van der Waals surface area contributed by atoms with Gasteiger partial charge >= 0.3 is 6.09 Å². The van der Waals surface area contributed by atoms with Crippen molar-refractivity contribution in [1.29, 1.82) is 0 Å². The number of carboxylic acid groups (broad SMARTS) is 1. The molecule has 0 spiro atoms. The van der Waals surface area contributed by atoms with Gasteiger partial charge in [0.05, 0.1) is 18.3 Å². The predicted octanol–water partition coefficient (Wildman–Crippen LogP) is 4.52. The maximum absolute atomic E-state index is 13.5. The number of carbonyl (C=O) groups excluding carboxylic acids is 1. The number of methoxy groups -OCH3 is 1. The summed E-state index contributed by atoms with van der Waals surface area (Å²) in [4.78, 5) is 35.9. The van der Waals surface area contributed by atoms with E-state index in [1.165, 1.54) is 0 Å². The van der Waals surface area contributed by atoms with Crippen LogP contribution in [-0.2, 0) is 13.6 Å². The highest BCUT2D eigenvalue weighted by Crippen LogP contribution is 2.34. The second kappa shape index (κ2) is 10.4. The van der Waals surface area contributed by atoms with Gasteiger partial charge in [-0.25, -0.2) is 14.8 Å². The second-order valence-electron chi connectivity index (χ2n) is 10.2. The van der Waals surface area contributed by atoms with Gasteiger partial charge in [0.25, 0.3) is 5.91 Å². The number of hydrogen-bond acceptors (Lipinski definition) is 5.